The van der Waals surface area contributed by atoms with Gasteiger partial charge in [-0.05, 0) is 40.8 Å². The maximum absolute atomic E-state index is 12.0. The van der Waals surface area contributed by atoms with E-state index >= 15 is 0 Å². The standard InChI is InChI=1S/C39H38N6O3/c1-48-34-19-17-33(18-20-34)39(31-13-7-3-8-14-31,32-15-9-4-10-16-32)44-23-21-29(25-35(46)47)22-24-45-28-43-36-37(41-27-42-38(36)45)40-26-30-11-5-2-6-12-30/h2-20,22,27-28,44H,21,23-26H2,1H3,(H,46,47)(H,40,41,42)/b29-22+. The van der Waals surface area contributed by atoms with Crippen LogP contribution in [0.15, 0.2) is 140 Å². The first-order valence-corrected chi connectivity index (χ1v) is 15.9. The first-order chi connectivity index (χ1) is 23.6. The monoisotopic (exact) mass is 638 g/mol. The molecule has 48 heavy (non-hydrogen) atoms. The van der Waals surface area contributed by atoms with Gasteiger partial charge in [0, 0.05) is 19.6 Å². The molecule has 9 heteroatoms. The minimum Gasteiger partial charge on any atom is -0.497 e. The number of aliphatic carboxylic acids is 1. The van der Waals surface area contributed by atoms with E-state index < -0.39 is 11.5 Å². The molecule has 0 fully saturated rings. The van der Waals surface area contributed by atoms with Gasteiger partial charge in [-0.1, -0.05) is 115 Å². The van der Waals surface area contributed by atoms with Gasteiger partial charge in [0.05, 0.1) is 25.4 Å². The van der Waals surface area contributed by atoms with Crippen molar-refractivity contribution in [2.24, 2.45) is 0 Å². The second-order valence-corrected chi connectivity index (χ2v) is 11.5. The minimum absolute atomic E-state index is 0.0701. The minimum atomic E-state index is -0.876. The third-order valence-electron chi connectivity index (χ3n) is 8.43. The first kappa shape index (κ1) is 32.2. The predicted octanol–water partition coefficient (Wildman–Crippen LogP) is 6.82. The Balaban J connectivity index is 1.25. The second kappa shape index (κ2) is 15.2. The lowest BCUT2D eigenvalue weighted by atomic mass is 9.77. The zero-order valence-electron chi connectivity index (χ0n) is 26.8. The van der Waals surface area contributed by atoms with Crippen molar-refractivity contribution in [3.8, 4) is 5.75 Å². The van der Waals surface area contributed by atoms with E-state index in [0.29, 0.717) is 43.0 Å². The normalized spacial score (nSPS) is 11.8. The number of anilines is 1. The number of fused-ring (bicyclic) bond motifs is 1. The average Bonchev–Trinajstić information content (AvgIpc) is 3.56. The van der Waals surface area contributed by atoms with Crippen LogP contribution in [0.5, 0.6) is 5.75 Å². The van der Waals surface area contributed by atoms with Gasteiger partial charge in [0.15, 0.2) is 11.5 Å². The van der Waals surface area contributed by atoms with Gasteiger partial charge in [0.2, 0.25) is 0 Å². The molecular weight excluding hydrogens is 600 g/mol. The Morgan fingerprint density at radius 2 is 1.46 bits per heavy atom. The summed E-state index contributed by atoms with van der Waals surface area (Å²) in [5, 5.41) is 17.0. The van der Waals surface area contributed by atoms with Crippen LogP contribution < -0.4 is 15.4 Å². The quantitative estimate of drug-likeness (QED) is 0.0830. The number of nitrogens with one attached hydrogen (secondary N) is 2. The summed E-state index contributed by atoms with van der Waals surface area (Å²) in [4.78, 5) is 25.5. The van der Waals surface area contributed by atoms with Crippen molar-refractivity contribution in [3.05, 3.63) is 162 Å². The van der Waals surface area contributed by atoms with Crippen LogP contribution in [0.25, 0.3) is 11.2 Å². The largest absolute Gasteiger partial charge is 0.497 e. The number of allylic oxidation sites excluding steroid dienone is 1. The zero-order valence-corrected chi connectivity index (χ0v) is 26.8. The highest BCUT2D eigenvalue weighted by Gasteiger charge is 2.35. The van der Waals surface area contributed by atoms with E-state index in [0.717, 1.165) is 33.6 Å². The van der Waals surface area contributed by atoms with Crippen molar-refractivity contribution >= 4 is 23.0 Å². The molecule has 0 spiro atoms. The molecule has 0 saturated heterocycles. The number of imidazole rings is 1. The van der Waals surface area contributed by atoms with Crippen LogP contribution >= 0.6 is 0 Å². The number of nitrogens with zero attached hydrogens (tertiary/aromatic N) is 4. The van der Waals surface area contributed by atoms with E-state index in [1.54, 1.807) is 13.4 Å². The van der Waals surface area contributed by atoms with Gasteiger partial charge in [-0.25, -0.2) is 15.0 Å². The topological polar surface area (TPSA) is 114 Å². The molecule has 0 aliphatic heterocycles. The van der Waals surface area contributed by atoms with E-state index in [1.165, 1.54) is 6.33 Å². The number of carboxylic acids is 1. The maximum Gasteiger partial charge on any atom is 0.307 e. The number of carbonyl (C=O) groups is 1. The van der Waals surface area contributed by atoms with Gasteiger partial charge in [0.25, 0.3) is 0 Å². The Bertz CT molecular complexity index is 1920. The number of methoxy groups -OCH3 is 1. The molecule has 2 heterocycles. The van der Waals surface area contributed by atoms with Crippen molar-refractivity contribution in [2.45, 2.75) is 31.5 Å². The van der Waals surface area contributed by atoms with Crippen molar-refractivity contribution in [3.63, 3.8) is 0 Å². The lowest BCUT2D eigenvalue weighted by molar-refractivity contribution is -0.136. The summed E-state index contributed by atoms with van der Waals surface area (Å²) in [5.74, 6) is 0.550. The Kier molecular flexibility index (Phi) is 10.2. The molecule has 6 rings (SSSR count). The molecular formula is C39H38N6O3. The molecule has 0 radical (unpaired) electrons. The molecule has 0 aliphatic rings. The van der Waals surface area contributed by atoms with Crippen LogP contribution in [0, 0.1) is 0 Å². The summed E-state index contributed by atoms with van der Waals surface area (Å²) in [5.41, 5.74) is 5.79. The molecule has 0 bridgehead atoms. The molecule has 0 atom stereocenters. The third-order valence-corrected chi connectivity index (χ3v) is 8.43. The number of rotatable bonds is 15. The third kappa shape index (κ3) is 7.27. The summed E-state index contributed by atoms with van der Waals surface area (Å²) in [6.45, 7) is 1.56. The Morgan fingerprint density at radius 3 is 2.08 bits per heavy atom. The van der Waals surface area contributed by atoms with Crippen molar-refractivity contribution in [1.29, 1.82) is 0 Å². The molecule has 0 aliphatic carbocycles. The van der Waals surface area contributed by atoms with Crippen LogP contribution in [-0.4, -0.2) is 44.2 Å². The molecule has 2 aromatic heterocycles. The summed E-state index contributed by atoms with van der Waals surface area (Å²) in [6.07, 6.45) is 5.66. The fourth-order valence-corrected chi connectivity index (χ4v) is 6.04. The van der Waals surface area contributed by atoms with E-state index in [4.69, 9.17) is 4.74 Å². The highest BCUT2D eigenvalue weighted by atomic mass is 16.5. The maximum atomic E-state index is 12.0. The number of hydrogen-bond donors (Lipinski definition) is 3. The van der Waals surface area contributed by atoms with E-state index in [9.17, 15) is 9.90 Å². The Hall–Kier alpha value is -5.80. The molecule has 3 N–H and O–H groups in total. The molecule has 242 valence electrons. The number of carboxylic acid groups (broad SMARTS) is 1. The lowest BCUT2D eigenvalue weighted by Gasteiger charge is -2.37. The van der Waals surface area contributed by atoms with Crippen LogP contribution in [0.3, 0.4) is 0 Å². The second-order valence-electron chi connectivity index (χ2n) is 11.5. The lowest BCUT2D eigenvalue weighted by Crippen LogP contribution is -2.45. The molecule has 4 aromatic carbocycles. The summed E-state index contributed by atoms with van der Waals surface area (Å²) in [6, 6.07) is 38.8. The number of benzene rings is 4. The van der Waals surface area contributed by atoms with E-state index in [2.05, 4.69) is 62.0 Å². The first-order valence-electron chi connectivity index (χ1n) is 15.9. The molecule has 0 amide bonds. The van der Waals surface area contributed by atoms with Crippen LogP contribution in [0.2, 0.25) is 0 Å². The van der Waals surface area contributed by atoms with E-state index in [-0.39, 0.29) is 6.42 Å². The fourth-order valence-electron chi connectivity index (χ4n) is 6.04. The van der Waals surface area contributed by atoms with Gasteiger partial charge in [-0.2, -0.15) is 0 Å². The SMILES string of the molecule is COc1ccc(C(NCC/C(=C\Cn2cnc3c(NCc4ccccc4)ncnc32)CC(=O)O)(c2ccccc2)c2ccccc2)cc1. The Morgan fingerprint density at radius 1 is 0.833 bits per heavy atom. The molecule has 9 nitrogen and oxygen atoms in total. The van der Waals surface area contributed by atoms with E-state index in [1.807, 2.05) is 89.5 Å². The van der Waals surface area contributed by atoms with Gasteiger partial charge >= 0.3 is 5.97 Å². The summed E-state index contributed by atoms with van der Waals surface area (Å²) < 4.78 is 7.37. The smallest absolute Gasteiger partial charge is 0.307 e. The highest BCUT2D eigenvalue weighted by Crippen LogP contribution is 2.37. The molecule has 0 saturated carbocycles. The van der Waals surface area contributed by atoms with Crippen LogP contribution in [0.4, 0.5) is 5.82 Å². The predicted molar refractivity (Wildman–Crippen MR) is 188 cm³/mol. The summed E-state index contributed by atoms with van der Waals surface area (Å²) in [7, 11) is 1.66. The number of ether oxygens (including phenoxy) is 1. The highest BCUT2D eigenvalue weighted by molar-refractivity contribution is 5.82. The number of aromatic nitrogens is 4. The van der Waals surface area contributed by atoms with Gasteiger partial charge in [-0.3, -0.25) is 10.1 Å². The fraction of sp³-hybridized carbons (Fsp3) is 0.179. The van der Waals surface area contributed by atoms with Crippen LogP contribution in [-0.2, 0) is 23.4 Å². The van der Waals surface area contributed by atoms with Crippen molar-refractivity contribution < 1.29 is 14.6 Å². The summed E-state index contributed by atoms with van der Waals surface area (Å²) >= 11 is 0. The van der Waals surface area contributed by atoms with Gasteiger partial charge < -0.3 is 19.7 Å². The molecule has 0 unspecified atom stereocenters. The van der Waals surface area contributed by atoms with Gasteiger partial charge in [-0.15, -0.1) is 0 Å². The van der Waals surface area contributed by atoms with Gasteiger partial charge in [0.1, 0.15) is 17.6 Å². The van der Waals surface area contributed by atoms with Crippen LogP contribution in [0.1, 0.15) is 35.1 Å². The number of hydrogen-bond acceptors (Lipinski definition) is 7. The van der Waals surface area contributed by atoms with Crippen molar-refractivity contribution in [2.75, 3.05) is 19.0 Å². The average molecular weight is 639 g/mol. The Labute approximate surface area is 280 Å². The zero-order chi connectivity index (χ0) is 33.2. The molecule has 6 aromatic rings. The van der Waals surface area contributed by atoms with Crippen molar-refractivity contribution in [1.82, 2.24) is 24.8 Å².